The Kier molecular flexibility index (Phi) is 3.85. The van der Waals surface area contributed by atoms with Crippen molar-refractivity contribution in [3.8, 4) is 0 Å². The van der Waals surface area contributed by atoms with Crippen LogP contribution >= 0.6 is 22.9 Å². The Hall–Kier alpha value is -0.160. The first kappa shape index (κ1) is 12.3. The Bertz CT molecular complexity index is 353. The highest BCUT2D eigenvalue weighted by Gasteiger charge is 2.30. The van der Waals surface area contributed by atoms with Gasteiger partial charge < -0.3 is 4.90 Å². The van der Waals surface area contributed by atoms with Gasteiger partial charge in [0.1, 0.15) is 0 Å². The molecule has 2 atom stereocenters. The number of likely N-dealkylation sites (N-methyl/N-ethyl adjacent to an activating group) is 1. The highest BCUT2D eigenvalue weighted by Crippen LogP contribution is 2.24. The molecule has 90 valence electrons. The third kappa shape index (κ3) is 2.74. The minimum atomic E-state index is 0.645. The van der Waals surface area contributed by atoms with Crippen LogP contribution in [-0.2, 0) is 6.54 Å². The molecule has 0 spiro atoms. The van der Waals surface area contributed by atoms with Gasteiger partial charge in [0, 0.05) is 36.8 Å². The number of hydrogen-bond donors (Lipinski definition) is 0. The van der Waals surface area contributed by atoms with Crippen LogP contribution in [0.5, 0.6) is 0 Å². The summed E-state index contributed by atoms with van der Waals surface area (Å²) in [4.78, 5) is 10.1. The smallest absolute Gasteiger partial charge is 0.183 e. The van der Waals surface area contributed by atoms with Crippen LogP contribution in [0.4, 0.5) is 0 Å². The third-order valence-corrected chi connectivity index (χ3v) is 4.32. The van der Waals surface area contributed by atoms with E-state index in [2.05, 4.69) is 35.8 Å². The Morgan fingerprint density at radius 2 is 2.31 bits per heavy atom. The molecule has 5 heteroatoms. The van der Waals surface area contributed by atoms with Crippen LogP contribution in [0.15, 0.2) is 6.20 Å². The molecule has 0 saturated carbocycles. The van der Waals surface area contributed by atoms with Crippen molar-refractivity contribution in [3.05, 3.63) is 15.5 Å². The zero-order valence-corrected chi connectivity index (χ0v) is 11.6. The Balaban J connectivity index is 1.93. The summed E-state index contributed by atoms with van der Waals surface area (Å²) in [5, 5.41) is 0. The summed E-state index contributed by atoms with van der Waals surface area (Å²) in [7, 11) is 4.32. The Morgan fingerprint density at radius 1 is 1.56 bits per heavy atom. The predicted molar refractivity (Wildman–Crippen MR) is 69.0 cm³/mol. The number of rotatable bonds is 3. The normalized spacial score (nSPS) is 26.8. The van der Waals surface area contributed by atoms with Crippen molar-refractivity contribution < 1.29 is 0 Å². The van der Waals surface area contributed by atoms with E-state index in [0.29, 0.717) is 10.5 Å². The lowest BCUT2D eigenvalue weighted by Gasteiger charge is -2.22. The van der Waals surface area contributed by atoms with Gasteiger partial charge in [-0.15, -0.1) is 11.3 Å². The summed E-state index contributed by atoms with van der Waals surface area (Å²) >= 11 is 7.42. The van der Waals surface area contributed by atoms with E-state index in [-0.39, 0.29) is 0 Å². The van der Waals surface area contributed by atoms with E-state index in [1.54, 1.807) is 11.3 Å². The quantitative estimate of drug-likeness (QED) is 0.830. The van der Waals surface area contributed by atoms with E-state index in [0.717, 1.165) is 19.0 Å². The number of aromatic nitrogens is 1. The zero-order valence-electron chi connectivity index (χ0n) is 9.98. The number of nitrogens with zero attached hydrogens (tertiary/aromatic N) is 3. The molecule has 0 N–H and O–H groups in total. The molecule has 0 radical (unpaired) electrons. The van der Waals surface area contributed by atoms with E-state index in [4.69, 9.17) is 11.6 Å². The SMILES string of the molecule is CC1CN(Cc2cnc(Cl)s2)CC1N(C)C. The first-order chi connectivity index (χ1) is 7.56. The number of thiazole rings is 1. The molecule has 0 aromatic carbocycles. The largest absolute Gasteiger partial charge is 0.305 e. The first-order valence-electron chi connectivity index (χ1n) is 5.55. The molecule has 0 bridgehead atoms. The molecule has 1 aromatic rings. The van der Waals surface area contributed by atoms with E-state index in [1.807, 2.05) is 6.20 Å². The minimum Gasteiger partial charge on any atom is -0.305 e. The Morgan fingerprint density at radius 3 is 2.81 bits per heavy atom. The van der Waals surface area contributed by atoms with Crippen molar-refractivity contribution in [2.45, 2.75) is 19.5 Å². The zero-order chi connectivity index (χ0) is 11.7. The van der Waals surface area contributed by atoms with E-state index >= 15 is 0 Å². The molecule has 0 amide bonds. The summed E-state index contributed by atoms with van der Waals surface area (Å²) in [6.07, 6.45) is 1.89. The first-order valence-corrected chi connectivity index (χ1v) is 6.74. The van der Waals surface area contributed by atoms with Gasteiger partial charge in [-0.05, 0) is 20.0 Å². The van der Waals surface area contributed by atoms with E-state index < -0.39 is 0 Å². The van der Waals surface area contributed by atoms with Gasteiger partial charge in [0.25, 0.3) is 0 Å². The molecule has 1 aliphatic rings. The molecule has 2 heterocycles. The van der Waals surface area contributed by atoms with Crippen LogP contribution in [0.2, 0.25) is 4.47 Å². The fraction of sp³-hybridized carbons (Fsp3) is 0.727. The topological polar surface area (TPSA) is 19.4 Å². The molecule has 1 aromatic heterocycles. The fourth-order valence-corrected chi connectivity index (χ4v) is 3.45. The summed E-state index contributed by atoms with van der Waals surface area (Å²) in [6.45, 7) is 5.62. The van der Waals surface area contributed by atoms with Crippen LogP contribution in [0.3, 0.4) is 0 Å². The van der Waals surface area contributed by atoms with Crippen molar-refractivity contribution in [2.75, 3.05) is 27.2 Å². The van der Waals surface area contributed by atoms with Crippen LogP contribution in [0.1, 0.15) is 11.8 Å². The minimum absolute atomic E-state index is 0.645. The highest BCUT2D eigenvalue weighted by atomic mass is 35.5. The molecule has 2 unspecified atom stereocenters. The summed E-state index contributed by atoms with van der Waals surface area (Å²) in [5.74, 6) is 0.735. The standard InChI is InChI=1S/C11H18ClN3S/c1-8-5-15(7-10(8)14(2)3)6-9-4-13-11(12)16-9/h4,8,10H,5-7H2,1-3H3. The predicted octanol–water partition coefficient (Wildman–Crippen LogP) is 2.18. The van der Waals surface area contributed by atoms with Gasteiger partial charge in [-0.25, -0.2) is 4.98 Å². The second-order valence-corrected chi connectivity index (χ2v) is 6.48. The average molecular weight is 260 g/mol. The van der Waals surface area contributed by atoms with Gasteiger partial charge in [0.05, 0.1) is 0 Å². The second kappa shape index (κ2) is 5.00. The van der Waals surface area contributed by atoms with E-state index in [1.165, 1.54) is 11.4 Å². The fourth-order valence-electron chi connectivity index (χ4n) is 2.43. The average Bonchev–Trinajstić information content (AvgIpc) is 2.73. The molecule has 0 aliphatic carbocycles. The van der Waals surface area contributed by atoms with Crippen molar-refractivity contribution in [1.82, 2.24) is 14.8 Å². The van der Waals surface area contributed by atoms with Crippen molar-refractivity contribution >= 4 is 22.9 Å². The number of likely N-dealkylation sites (tertiary alicyclic amines) is 1. The molecule has 1 fully saturated rings. The van der Waals surface area contributed by atoms with Crippen molar-refractivity contribution in [3.63, 3.8) is 0 Å². The maximum absolute atomic E-state index is 5.83. The number of hydrogen-bond acceptors (Lipinski definition) is 4. The lowest BCUT2D eigenvalue weighted by atomic mass is 10.1. The van der Waals surface area contributed by atoms with Crippen LogP contribution in [0.25, 0.3) is 0 Å². The third-order valence-electron chi connectivity index (χ3n) is 3.22. The maximum atomic E-state index is 5.83. The molecule has 3 nitrogen and oxygen atoms in total. The van der Waals surface area contributed by atoms with Crippen LogP contribution < -0.4 is 0 Å². The van der Waals surface area contributed by atoms with Crippen LogP contribution in [0, 0.1) is 5.92 Å². The molecule has 1 aliphatic heterocycles. The Labute approximate surface area is 106 Å². The van der Waals surface area contributed by atoms with Gasteiger partial charge in [-0.2, -0.15) is 0 Å². The molecular weight excluding hydrogens is 242 g/mol. The van der Waals surface area contributed by atoms with Gasteiger partial charge in [0.15, 0.2) is 4.47 Å². The molecule has 1 saturated heterocycles. The summed E-state index contributed by atoms with van der Waals surface area (Å²) in [5.41, 5.74) is 0. The lowest BCUT2D eigenvalue weighted by molar-refractivity contribution is 0.250. The van der Waals surface area contributed by atoms with E-state index in [9.17, 15) is 0 Å². The maximum Gasteiger partial charge on any atom is 0.183 e. The van der Waals surface area contributed by atoms with Gasteiger partial charge in [-0.3, -0.25) is 4.90 Å². The molecule has 16 heavy (non-hydrogen) atoms. The van der Waals surface area contributed by atoms with Gasteiger partial charge >= 0.3 is 0 Å². The molecule has 2 rings (SSSR count). The monoisotopic (exact) mass is 259 g/mol. The van der Waals surface area contributed by atoms with Gasteiger partial charge in [-0.1, -0.05) is 18.5 Å². The highest BCUT2D eigenvalue weighted by molar-refractivity contribution is 7.15. The summed E-state index contributed by atoms with van der Waals surface area (Å²) in [6, 6.07) is 0.670. The van der Waals surface area contributed by atoms with Crippen molar-refractivity contribution in [1.29, 1.82) is 0 Å². The van der Waals surface area contributed by atoms with Crippen LogP contribution in [-0.4, -0.2) is 48.0 Å². The second-order valence-electron chi connectivity index (χ2n) is 4.78. The van der Waals surface area contributed by atoms with Gasteiger partial charge in [0.2, 0.25) is 0 Å². The lowest BCUT2D eigenvalue weighted by Crippen LogP contribution is -2.34. The molecular formula is C11H18ClN3S. The van der Waals surface area contributed by atoms with Crippen molar-refractivity contribution in [2.24, 2.45) is 5.92 Å². The number of halogens is 1. The summed E-state index contributed by atoms with van der Waals surface area (Å²) < 4.78 is 0.645.